The number of hydrazone groups is 1. The molecule has 0 saturated heterocycles. The maximum atomic E-state index is 13.4. The van der Waals surface area contributed by atoms with Crippen LogP contribution >= 0.6 is 0 Å². The summed E-state index contributed by atoms with van der Waals surface area (Å²) in [5.74, 6) is -0.505. The number of amides is 1. The Hall–Kier alpha value is -3.45. The number of nitrogens with zero attached hydrogens (tertiary/aromatic N) is 2. The number of aryl methyl sites for hydroxylation is 3. The van der Waals surface area contributed by atoms with Gasteiger partial charge in [-0.15, -0.1) is 0 Å². The Morgan fingerprint density at radius 3 is 2.24 bits per heavy atom. The van der Waals surface area contributed by atoms with E-state index < -0.39 is 15.9 Å². The van der Waals surface area contributed by atoms with Gasteiger partial charge in [-0.2, -0.15) is 5.10 Å². The van der Waals surface area contributed by atoms with Crippen LogP contribution in [0.2, 0.25) is 0 Å². The molecule has 0 radical (unpaired) electrons. The minimum absolute atomic E-state index is 0.126. The Morgan fingerprint density at radius 1 is 0.939 bits per heavy atom. The highest BCUT2D eigenvalue weighted by Gasteiger charge is 2.28. The van der Waals surface area contributed by atoms with Gasteiger partial charge < -0.3 is 0 Å². The zero-order valence-electron chi connectivity index (χ0n) is 19.2. The van der Waals surface area contributed by atoms with E-state index in [4.69, 9.17) is 0 Å². The Labute approximate surface area is 196 Å². The van der Waals surface area contributed by atoms with E-state index in [2.05, 4.69) is 10.5 Å². The maximum Gasteiger partial charge on any atom is 0.264 e. The number of benzene rings is 3. The summed E-state index contributed by atoms with van der Waals surface area (Å²) in [6.45, 7) is 5.17. The molecule has 0 unspecified atom stereocenters. The summed E-state index contributed by atoms with van der Waals surface area (Å²) >= 11 is 0. The van der Waals surface area contributed by atoms with Crippen molar-refractivity contribution in [2.24, 2.45) is 5.10 Å². The van der Waals surface area contributed by atoms with E-state index in [1.54, 1.807) is 24.3 Å². The van der Waals surface area contributed by atoms with Crippen LogP contribution in [0.4, 0.5) is 5.69 Å². The SMILES string of the molecule is C/C(CCc1ccccc1)=N/NC(=O)CN(c1cc(C)ccc1C)S(=O)(=O)c1ccccc1. The van der Waals surface area contributed by atoms with Crippen molar-refractivity contribution < 1.29 is 13.2 Å². The summed E-state index contributed by atoms with van der Waals surface area (Å²) in [5.41, 5.74) is 6.60. The highest BCUT2D eigenvalue weighted by atomic mass is 32.2. The quantitative estimate of drug-likeness (QED) is 0.371. The van der Waals surface area contributed by atoms with Crippen LogP contribution in [-0.2, 0) is 21.2 Å². The lowest BCUT2D eigenvalue weighted by Gasteiger charge is -2.25. The first-order chi connectivity index (χ1) is 15.8. The standard InChI is InChI=1S/C26H29N3O3S/c1-20-14-15-21(2)25(18-20)29(33(31,32)24-12-8-5-9-13-24)19-26(30)28-27-22(3)16-17-23-10-6-4-7-11-23/h4-15,18H,16-17,19H2,1-3H3,(H,28,30)/b27-22-. The van der Waals surface area contributed by atoms with Crippen LogP contribution in [0.3, 0.4) is 0 Å². The van der Waals surface area contributed by atoms with E-state index >= 15 is 0 Å². The van der Waals surface area contributed by atoms with E-state index in [1.807, 2.05) is 63.2 Å². The monoisotopic (exact) mass is 463 g/mol. The molecule has 0 aliphatic carbocycles. The normalized spacial score (nSPS) is 11.8. The largest absolute Gasteiger partial charge is 0.271 e. The van der Waals surface area contributed by atoms with Gasteiger partial charge in [0.05, 0.1) is 10.6 Å². The average molecular weight is 464 g/mol. The number of carbonyl (C=O) groups is 1. The lowest BCUT2D eigenvalue weighted by atomic mass is 10.1. The molecule has 0 heterocycles. The van der Waals surface area contributed by atoms with Gasteiger partial charge in [-0.25, -0.2) is 13.8 Å². The molecule has 0 aromatic heterocycles. The second kappa shape index (κ2) is 10.9. The topological polar surface area (TPSA) is 78.8 Å². The lowest BCUT2D eigenvalue weighted by molar-refractivity contribution is -0.119. The first kappa shape index (κ1) is 24.2. The Morgan fingerprint density at radius 2 is 1.58 bits per heavy atom. The van der Waals surface area contributed by atoms with Crippen molar-refractivity contribution >= 4 is 27.3 Å². The molecular weight excluding hydrogens is 434 g/mol. The summed E-state index contributed by atoms with van der Waals surface area (Å²) in [6.07, 6.45) is 1.50. The van der Waals surface area contributed by atoms with Crippen molar-refractivity contribution in [2.45, 2.75) is 38.5 Å². The molecule has 3 aromatic rings. The fourth-order valence-corrected chi connectivity index (χ4v) is 4.86. The number of carbonyl (C=O) groups excluding carboxylic acids is 1. The van der Waals surface area contributed by atoms with Crippen LogP contribution in [0.5, 0.6) is 0 Å². The van der Waals surface area contributed by atoms with E-state index in [-0.39, 0.29) is 11.4 Å². The lowest BCUT2D eigenvalue weighted by Crippen LogP contribution is -2.40. The number of sulfonamides is 1. The molecule has 0 bridgehead atoms. The van der Waals surface area contributed by atoms with Crippen LogP contribution < -0.4 is 9.73 Å². The molecule has 0 aliphatic heterocycles. The highest BCUT2D eigenvalue weighted by Crippen LogP contribution is 2.27. The van der Waals surface area contributed by atoms with Gasteiger partial charge in [-0.1, -0.05) is 60.7 Å². The minimum Gasteiger partial charge on any atom is -0.271 e. The molecule has 7 heteroatoms. The number of hydrogen-bond donors (Lipinski definition) is 1. The predicted octanol–water partition coefficient (Wildman–Crippen LogP) is 4.62. The number of anilines is 1. The van der Waals surface area contributed by atoms with Gasteiger partial charge in [0.1, 0.15) is 6.54 Å². The summed E-state index contributed by atoms with van der Waals surface area (Å²) in [7, 11) is -3.95. The predicted molar refractivity (Wildman–Crippen MR) is 133 cm³/mol. The maximum absolute atomic E-state index is 13.4. The molecule has 0 fully saturated rings. The Kier molecular flexibility index (Phi) is 8.01. The second-order valence-corrected chi connectivity index (χ2v) is 9.84. The first-order valence-corrected chi connectivity index (χ1v) is 12.2. The van der Waals surface area contributed by atoms with Crippen LogP contribution in [0.25, 0.3) is 0 Å². The third kappa shape index (κ3) is 6.52. The molecule has 1 amide bonds. The molecule has 3 rings (SSSR count). The van der Waals surface area contributed by atoms with E-state index in [1.165, 1.54) is 17.7 Å². The van der Waals surface area contributed by atoms with Gasteiger partial charge in [0.25, 0.3) is 15.9 Å². The third-order valence-electron chi connectivity index (χ3n) is 5.24. The molecule has 6 nitrogen and oxygen atoms in total. The van der Waals surface area contributed by atoms with Crippen molar-refractivity contribution in [2.75, 3.05) is 10.8 Å². The molecule has 1 N–H and O–H groups in total. The van der Waals surface area contributed by atoms with Gasteiger partial charge in [0.15, 0.2) is 0 Å². The minimum atomic E-state index is -3.95. The number of hydrogen-bond acceptors (Lipinski definition) is 4. The molecule has 0 saturated carbocycles. The van der Waals surface area contributed by atoms with Gasteiger partial charge in [0, 0.05) is 5.71 Å². The molecule has 0 aliphatic rings. The highest BCUT2D eigenvalue weighted by molar-refractivity contribution is 7.92. The Bertz CT molecular complexity index is 1220. The zero-order valence-corrected chi connectivity index (χ0v) is 20.0. The average Bonchev–Trinajstić information content (AvgIpc) is 2.82. The van der Waals surface area contributed by atoms with E-state index in [0.717, 1.165) is 27.6 Å². The summed E-state index contributed by atoms with van der Waals surface area (Å²) in [6, 6.07) is 23.7. The molecule has 172 valence electrons. The number of nitrogens with one attached hydrogen (secondary N) is 1. The fourth-order valence-electron chi connectivity index (χ4n) is 3.36. The first-order valence-electron chi connectivity index (χ1n) is 10.8. The molecule has 0 atom stereocenters. The van der Waals surface area contributed by atoms with Crippen molar-refractivity contribution in [3.63, 3.8) is 0 Å². The molecule has 3 aromatic carbocycles. The number of rotatable bonds is 9. The summed E-state index contributed by atoms with van der Waals surface area (Å²) < 4.78 is 28.0. The summed E-state index contributed by atoms with van der Waals surface area (Å²) in [5, 5.41) is 4.18. The van der Waals surface area contributed by atoms with E-state index in [0.29, 0.717) is 12.1 Å². The Balaban J connectivity index is 1.78. The second-order valence-electron chi connectivity index (χ2n) is 7.98. The van der Waals surface area contributed by atoms with Crippen molar-refractivity contribution in [3.8, 4) is 0 Å². The zero-order chi connectivity index (χ0) is 23.8. The van der Waals surface area contributed by atoms with Crippen LogP contribution in [0, 0.1) is 13.8 Å². The molecular formula is C26H29N3O3S. The van der Waals surface area contributed by atoms with Crippen molar-refractivity contribution in [1.29, 1.82) is 0 Å². The van der Waals surface area contributed by atoms with Crippen LogP contribution in [0.1, 0.15) is 30.0 Å². The van der Waals surface area contributed by atoms with Crippen molar-refractivity contribution in [3.05, 3.63) is 95.6 Å². The van der Waals surface area contributed by atoms with Crippen LogP contribution in [-0.4, -0.2) is 26.6 Å². The van der Waals surface area contributed by atoms with Gasteiger partial charge in [-0.05, 0) is 68.5 Å². The smallest absolute Gasteiger partial charge is 0.264 e. The fraction of sp³-hybridized carbons (Fsp3) is 0.231. The van der Waals surface area contributed by atoms with Gasteiger partial charge in [0.2, 0.25) is 0 Å². The summed E-state index contributed by atoms with van der Waals surface area (Å²) in [4.78, 5) is 12.9. The van der Waals surface area contributed by atoms with E-state index in [9.17, 15) is 13.2 Å². The molecule has 33 heavy (non-hydrogen) atoms. The van der Waals surface area contributed by atoms with Gasteiger partial charge >= 0.3 is 0 Å². The van der Waals surface area contributed by atoms with Crippen LogP contribution in [0.15, 0.2) is 88.9 Å². The molecule has 0 spiro atoms. The van der Waals surface area contributed by atoms with Crippen molar-refractivity contribution in [1.82, 2.24) is 5.43 Å². The third-order valence-corrected chi connectivity index (χ3v) is 7.02. The van der Waals surface area contributed by atoms with Gasteiger partial charge in [-0.3, -0.25) is 9.10 Å².